The van der Waals surface area contributed by atoms with Gasteiger partial charge in [-0.15, -0.1) is 0 Å². The smallest absolute Gasteiger partial charge is 0.387 e. The number of aliphatic hydroxyl groups excluding tert-OH is 1. The van der Waals surface area contributed by atoms with Crippen LogP contribution in [0.15, 0.2) is 36.5 Å². The van der Waals surface area contributed by atoms with E-state index in [4.69, 9.17) is 14.8 Å². The van der Waals surface area contributed by atoms with E-state index in [-0.39, 0.29) is 25.7 Å². The Kier molecular flexibility index (Phi) is 40.4. The molecule has 0 heterocycles. The molecule has 9 heteroatoms. The van der Waals surface area contributed by atoms with E-state index in [2.05, 4.69) is 43.5 Å². The van der Waals surface area contributed by atoms with Gasteiger partial charge in [-0.3, -0.25) is 13.8 Å². The average molecular weight is 783 g/mol. The molecule has 0 fully saturated rings. The van der Waals surface area contributed by atoms with Crippen LogP contribution in [0.25, 0.3) is 0 Å². The zero-order valence-corrected chi connectivity index (χ0v) is 36.1. The summed E-state index contributed by atoms with van der Waals surface area (Å²) < 4.78 is 22.1. The molecular formula is C45H87N2O6P. The number of aliphatic hydroxyl groups is 1. The predicted molar refractivity (Wildman–Crippen MR) is 231 cm³/mol. The second-order valence-corrected chi connectivity index (χ2v) is 16.7. The quantitative estimate of drug-likeness (QED) is 0.0275. The van der Waals surface area contributed by atoms with Gasteiger partial charge in [0.05, 0.1) is 25.4 Å². The summed E-state index contributed by atoms with van der Waals surface area (Å²) in [6, 6.07) is -0.867. The number of nitrogens with one attached hydrogen (secondary N) is 1. The Labute approximate surface area is 333 Å². The van der Waals surface area contributed by atoms with Crippen LogP contribution >= 0.6 is 7.82 Å². The van der Waals surface area contributed by atoms with Crippen LogP contribution < -0.4 is 11.1 Å². The molecule has 3 atom stereocenters. The molecule has 3 unspecified atom stereocenters. The van der Waals surface area contributed by atoms with Gasteiger partial charge in [0.25, 0.3) is 0 Å². The summed E-state index contributed by atoms with van der Waals surface area (Å²) >= 11 is 0. The molecule has 54 heavy (non-hydrogen) atoms. The second-order valence-electron chi connectivity index (χ2n) is 15.3. The molecule has 318 valence electrons. The lowest BCUT2D eigenvalue weighted by molar-refractivity contribution is -0.123. The fourth-order valence-corrected chi connectivity index (χ4v) is 7.26. The van der Waals surface area contributed by atoms with Crippen LogP contribution in [0.5, 0.6) is 0 Å². The van der Waals surface area contributed by atoms with Gasteiger partial charge in [-0.1, -0.05) is 198 Å². The van der Waals surface area contributed by atoms with Gasteiger partial charge in [-0.2, -0.15) is 0 Å². The van der Waals surface area contributed by atoms with Crippen molar-refractivity contribution in [1.82, 2.24) is 5.32 Å². The first-order valence-electron chi connectivity index (χ1n) is 22.6. The number of unbranched alkanes of at least 4 members (excludes halogenated alkanes) is 26. The maximum atomic E-state index is 12.7. The van der Waals surface area contributed by atoms with Crippen molar-refractivity contribution in [2.75, 3.05) is 19.8 Å². The number of hydrogen-bond acceptors (Lipinski definition) is 6. The Morgan fingerprint density at radius 3 is 1.52 bits per heavy atom. The Balaban J connectivity index is 4.17. The van der Waals surface area contributed by atoms with E-state index in [0.29, 0.717) is 6.42 Å². The molecule has 0 aliphatic carbocycles. The summed E-state index contributed by atoms with van der Waals surface area (Å²) in [4.78, 5) is 22.7. The fraction of sp³-hybridized carbons (Fsp3) is 0.844. The molecule has 0 rings (SSSR count). The Hall–Kier alpha value is -1.28. The van der Waals surface area contributed by atoms with Crippen molar-refractivity contribution >= 4 is 13.7 Å². The standard InChI is InChI=1S/C45H87N2O6P/c1-3-5-7-9-11-13-15-17-19-20-21-22-23-24-25-26-28-30-32-34-36-38-44(48)43(42-53-54(50,51)52-41-40-46)47-45(49)39-37-35-33-31-29-27-18-16-14-12-10-8-6-4-2/h10,12,16,18,36,38,43-44,48H,3-9,11,13-15,17,19-35,37,39-42,46H2,1-2H3,(H,47,49)(H,50,51)/b12-10-,18-16-,38-36+. The lowest BCUT2D eigenvalue weighted by Crippen LogP contribution is -2.45. The van der Waals surface area contributed by atoms with Gasteiger partial charge >= 0.3 is 7.82 Å². The Morgan fingerprint density at radius 2 is 1.04 bits per heavy atom. The maximum Gasteiger partial charge on any atom is 0.472 e. The van der Waals surface area contributed by atoms with Crippen LogP contribution in [0, 0.1) is 0 Å². The highest BCUT2D eigenvalue weighted by atomic mass is 31.2. The number of rotatable bonds is 42. The van der Waals surface area contributed by atoms with Crippen LogP contribution in [0.4, 0.5) is 0 Å². The molecule has 0 saturated carbocycles. The van der Waals surface area contributed by atoms with Crippen LogP contribution in [0.2, 0.25) is 0 Å². The number of carbonyl (C=O) groups excluding carboxylic acids is 1. The van der Waals surface area contributed by atoms with Crippen LogP contribution in [0.1, 0.15) is 213 Å². The van der Waals surface area contributed by atoms with Gasteiger partial charge in [-0.25, -0.2) is 4.57 Å². The van der Waals surface area contributed by atoms with Crippen molar-refractivity contribution in [1.29, 1.82) is 0 Å². The largest absolute Gasteiger partial charge is 0.472 e. The van der Waals surface area contributed by atoms with Crippen molar-refractivity contribution in [3.63, 3.8) is 0 Å². The predicted octanol–water partition coefficient (Wildman–Crippen LogP) is 12.7. The molecule has 0 radical (unpaired) electrons. The highest BCUT2D eigenvalue weighted by Crippen LogP contribution is 2.43. The number of phosphoric acid groups is 1. The maximum absolute atomic E-state index is 12.7. The molecule has 0 bridgehead atoms. The number of hydrogen-bond donors (Lipinski definition) is 4. The van der Waals surface area contributed by atoms with Gasteiger partial charge in [0.2, 0.25) is 5.91 Å². The fourth-order valence-electron chi connectivity index (χ4n) is 6.50. The van der Waals surface area contributed by atoms with E-state index >= 15 is 0 Å². The highest BCUT2D eigenvalue weighted by Gasteiger charge is 2.26. The minimum atomic E-state index is -4.34. The lowest BCUT2D eigenvalue weighted by atomic mass is 10.0. The molecule has 0 aromatic carbocycles. The highest BCUT2D eigenvalue weighted by molar-refractivity contribution is 7.47. The van der Waals surface area contributed by atoms with Crippen LogP contribution in [-0.2, 0) is 18.4 Å². The molecule has 0 spiro atoms. The molecule has 1 amide bonds. The molecule has 0 saturated heterocycles. The first-order chi connectivity index (χ1) is 26.4. The molecular weight excluding hydrogens is 695 g/mol. The van der Waals surface area contributed by atoms with Crippen LogP contribution in [-0.4, -0.2) is 47.8 Å². The minimum Gasteiger partial charge on any atom is -0.387 e. The molecule has 0 aromatic rings. The third-order valence-corrected chi connectivity index (χ3v) is 10.9. The summed E-state index contributed by atoms with van der Waals surface area (Å²) in [6.07, 6.45) is 49.1. The van der Waals surface area contributed by atoms with Gasteiger partial charge < -0.3 is 21.1 Å². The Morgan fingerprint density at radius 1 is 0.611 bits per heavy atom. The number of nitrogens with two attached hydrogens (primary N) is 1. The van der Waals surface area contributed by atoms with Crippen LogP contribution in [0.3, 0.4) is 0 Å². The molecule has 0 aliphatic heterocycles. The summed E-state index contributed by atoms with van der Waals surface area (Å²) in [5.41, 5.74) is 5.37. The van der Waals surface area contributed by atoms with Crippen molar-refractivity contribution in [3.8, 4) is 0 Å². The van der Waals surface area contributed by atoms with Crippen molar-refractivity contribution in [2.45, 2.75) is 225 Å². The monoisotopic (exact) mass is 783 g/mol. The normalized spacial score (nSPS) is 14.4. The van der Waals surface area contributed by atoms with Gasteiger partial charge in [0.1, 0.15) is 0 Å². The third kappa shape index (κ3) is 39.0. The van der Waals surface area contributed by atoms with E-state index in [1.54, 1.807) is 6.08 Å². The number of allylic oxidation sites excluding steroid dienone is 5. The van der Waals surface area contributed by atoms with E-state index < -0.39 is 20.0 Å². The van der Waals surface area contributed by atoms with Gasteiger partial charge in [0.15, 0.2) is 0 Å². The van der Waals surface area contributed by atoms with Crippen molar-refractivity contribution < 1.29 is 28.4 Å². The molecule has 5 N–H and O–H groups in total. The lowest BCUT2D eigenvalue weighted by Gasteiger charge is -2.23. The van der Waals surface area contributed by atoms with E-state index in [1.165, 1.54) is 128 Å². The zero-order valence-electron chi connectivity index (χ0n) is 35.2. The van der Waals surface area contributed by atoms with Crippen molar-refractivity contribution in [3.05, 3.63) is 36.5 Å². The molecule has 0 aliphatic rings. The first kappa shape index (κ1) is 52.7. The SMILES string of the molecule is CCCC/C=C\C/C=C\CCCCCCCC(=O)NC(COP(=O)(O)OCCN)C(O)/C=C/CCCCCCCCCCCCCCCCCCCCC. The average Bonchev–Trinajstić information content (AvgIpc) is 3.16. The summed E-state index contributed by atoms with van der Waals surface area (Å²) in [5.74, 6) is -0.208. The van der Waals surface area contributed by atoms with Gasteiger partial charge in [-0.05, 0) is 44.9 Å². The Bertz CT molecular complexity index is 943. The molecule has 0 aromatic heterocycles. The molecule has 8 nitrogen and oxygen atoms in total. The zero-order chi connectivity index (χ0) is 39.6. The number of carbonyl (C=O) groups is 1. The van der Waals surface area contributed by atoms with E-state index in [1.807, 2.05) is 6.08 Å². The number of phosphoric ester groups is 1. The summed E-state index contributed by atoms with van der Waals surface area (Å²) in [5, 5.41) is 13.7. The third-order valence-electron chi connectivity index (χ3n) is 9.96. The summed E-state index contributed by atoms with van der Waals surface area (Å²) in [7, 11) is -4.34. The number of amides is 1. The first-order valence-corrected chi connectivity index (χ1v) is 24.1. The minimum absolute atomic E-state index is 0.0758. The second kappa shape index (κ2) is 41.4. The van der Waals surface area contributed by atoms with E-state index in [0.717, 1.165) is 64.2 Å². The van der Waals surface area contributed by atoms with Crippen molar-refractivity contribution in [2.24, 2.45) is 5.73 Å². The topological polar surface area (TPSA) is 131 Å². The summed E-state index contributed by atoms with van der Waals surface area (Å²) in [6.45, 7) is 4.09. The van der Waals surface area contributed by atoms with E-state index in [9.17, 15) is 19.4 Å². The van der Waals surface area contributed by atoms with Gasteiger partial charge in [0, 0.05) is 13.0 Å².